The van der Waals surface area contributed by atoms with Gasteiger partial charge in [-0.3, -0.25) is 4.68 Å². The highest BCUT2D eigenvalue weighted by Gasteiger charge is 2.23. The predicted molar refractivity (Wildman–Crippen MR) is 125 cm³/mol. The van der Waals surface area contributed by atoms with Gasteiger partial charge in [0.05, 0.1) is 23.7 Å². The zero-order chi connectivity index (χ0) is 20.9. The monoisotopic (exact) mass is 414 g/mol. The molecule has 1 aliphatic heterocycles. The highest BCUT2D eigenvalue weighted by molar-refractivity contribution is 5.85. The number of benzene rings is 1. The van der Waals surface area contributed by atoms with Gasteiger partial charge in [0.1, 0.15) is 18.5 Å². The molecule has 4 nitrogen and oxygen atoms in total. The molecule has 1 fully saturated rings. The van der Waals surface area contributed by atoms with Crippen molar-refractivity contribution in [1.29, 1.82) is 0 Å². The summed E-state index contributed by atoms with van der Waals surface area (Å²) in [4.78, 5) is 0. The molecular formula is C26H42N2O2. The Morgan fingerprint density at radius 1 is 0.900 bits per heavy atom. The number of rotatable bonds is 18. The molecule has 1 aromatic heterocycles. The lowest BCUT2D eigenvalue weighted by Gasteiger charge is -2.07. The summed E-state index contributed by atoms with van der Waals surface area (Å²) in [6.45, 7) is 4.76. The maximum atomic E-state index is 5.91. The highest BCUT2D eigenvalue weighted by atomic mass is 16.6. The summed E-state index contributed by atoms with van der Waals surface area (Å²) in [5.74, 6) is 0.926. The summed E-state index contributed by atoms with van der Waals surface area (Å²) in [7, 11) is 0. The molecule has 168 valence electrons. The number of ether oxygens (including phenoxy) is 2. The van der Waals surface area contributed by atoms with Crippen LogP contribution in [0.3, 0.4) is 0 Å². The minimum absolute atomic E-state index is 0.283. The third-order valence-electron chi connectivity index (χ3n) is 6.20. The molecule has 1 aromatic carbocycles. The maximum absolute atomic E-state index is 5.91. The Kier molecular flexibility index (Phi) is 10.6. The Labute approximate surface area is 183 Å². The van der Waals surface area contributed by atoms with Crippen molar-refractivity contribution in [3.63, 3.8) is 0 Å². The number of unbranched alkanes of at least 4 members (excludes halogenated alkanes) is 13. The molecule has 0 saturated carbocycles. The van der Waals surface area contributed by atoms with Gasteiger partial charge in [-0.2, -0.15) is 5.10 Å². The van der Waals surface area contributed by atoms with E-state index in [1.807, 2.05) is 12.3 Å². The fraction of sp³-hybridized carbons (Fsp3) is 0.731. The fourth-order valence-corrected chi connectivity index (χ4v) is 4.18. The van der Waals surface area contributed by atoms with E-state index >= 15 is 0 Å². The number of hydrogen-bond acceptors (Lipinski definition) is 3. The molecule has 0 aliphatic carbocycles. The summed E-state index contributed by atoms with van der Waals surface area (Å²) in [6, 6.07) is 6.24. The molecule has 1 atom stereocenters. The van der Waals surface area contributed by atoms with Crippen molar-refractivity contribution in [2.75, 3.05) is 13.2 Å². The van der Waals surface area contributed by atoms with Gasteiger partial charge in [-0.25, -0.2) is 0 Å². The first-order valence-electron chi connectivity index (χ1n) is 12.6. The quantitative estimate of drug-likeness (QED) is 0.190. The molecule has 0 bridgehead atoms. The van der Waals surface area contributed by atoms with Crippen LogP contribution in [0.25, 0.3) is 10.9 Å². The van der Waals surface area contributed by atoms with E-state index in [2.05, 4.69) is 28.8 Å². The summed E-state index contributed by atoms with van der Waals surface area (Å²) in [5, 5.41) is 5.72. The topological polar surface area (TPSA) is 39.6 Å². The van der Waals surface area contributed by atoms with Crippen molar-refractivity contribution in [3.05, 3.63) is 24.4 Å². The Hall–Kier alpha value is -1.55. The zero-order valence-corrected chi connectivity index (χ0v) is 19.1. The van der Waals surface area contributed by atoms with Gasteiger partial charge in [-0.05, 0) is 18.6 Å². The molecule has 2 aromatic rings. The molecule has 0 N–H and O–H groups in total. The van der Waals surface area contributed by atoms with Crippen LogP contribution in [-0.2, 0) is 11.3 Å². The molecule has 0 amide bonds. The largest absolute Gasteiger partial charge is 0.490 e. The molecule has 1 unspecified atom stereocenters. The van der Waals surface area contributed by atoms with E-state index in [1.165, 1.54) is 95.4 Å². The number of hydrogen-bond donors (Lipinski definition) is 0. The van der Waals surface area contributed by atoms with Crippen LogP contribution in [-0.4, -0.2) is 29.1 Å². The van der Waals surface area contributed by atoms with Gasteiger partial charge in [0, 0.05) is 6.54 Å². The van der Waals surface area contributed by atoms with Crippen LogP contribution >= 0.6 is 0 Å². The predicted octanol–water partition coefficient (Wildman–Crippen LogP) is 7.30. The van der Waals surface area contributed by atoms with Crippen molar-refractivity contribution < 1.29 is 9.47 Å². The van der Waals surface area contributed by atoms with Crippen LogP contribution < -0.4 is 4.74 Å². The molecule has 30 heavy (non-hydrogen) atoms. The molecule has 2 heterocycles. The number of fused-ring (bicyclic) bond motifs is 1. The molecule has 4 heteroatoms. The zero-order valence-electron chi connectivity index (χ0n) is 19.1. The van der Waals surface area contributed by atoms with Crippen molar-refractivity contribution in [2.45, 2.75) is 109 Å². The van der Waals surface area contributed by atoms with E-state index in [0.717, 1.165) is 24.3 Å². The van der Waals surface area contributed by atoms with Crippen molar-refractivity contribution in [2.24, 2.45) is 0 Å². The van der Waals surface area contributed by atoms with Crippen LogP contribution in [0, 0.1) is 0 Å². The normalized spacial score (nSPS) is 15.7. The van der Waals surface area contributed by atoms with E-state index in [4.69, 9.17) is 9.47 Å². The summed E-state index contributed by atoms with van der Waals surface area (Å²) < 4.78 is 13.3. The molecular weight excluding hydrogens is 372 g/mol. The molecule has 3 rings (SSSR count). The maximum Gasteiger partial charge on any atom is 0.130 e. The highest BCUT2D eigenvalue weighted by Crippen LogP contribution is 2.26. The lowest BCUT2D eigenvalue weighted by Crippen LogP contribution is -2.04. The van der Waals surface area contributed by atoms with E-state index in [1.54, 1.807) is 0 Å². The van der Waals surface area contributed by atoms with E-state index in [9.17, 15) is 0 Å². The van der Waals surface area contributed by atoms with Crippen LogP contribution in [0.1, 0.15) is 96.8 Å². The molecule has 1 saturated heterocycles. The first-order valence-corrected chi connectivity index (χ1v) is 12.6. The van der Waals surface area contributed by atoms with Gasteiger partial charge < -0.3 is 9.47 Å². The summed E-state index contributed by atoms with van der Waals surface area (Å²) in [6.07, 6.45) is 21.7. The average molecular weight is 415 g/mol. The average Bonchev–Trinajstić information content (AvgIpc) is 3.51. The molecule has 0 spiro atoms. The lowest BCUT2D eigenvalue weighted by molar-refractivity contribution is 0.265. The minimum Gasteiger partial charge on any atom is -0.490 e. The van der Waals surface area contributed by atoms with Crippen LogP contribution in [0.4, 0.5) is 0 Å². The SMILES string of the molecule is CCCCCCCCCCCCCCCCn1ncc2c(OCC3CO3)cccc21. The van der Waals surface area contributed by atoms with Crippen LogP contribution in [0.15, 0.2) is 24.4 Å². The van der Waals surface area contributed by atoms with Gasteiger partial charge in [0.25, 0.3) is 0 Å². The van der Waals surface area contributed by atoms with E-state index in [0.29, 0.717) is 6.61 Å². The van der Waals surface area contributed by atoms with Crippen LogP contribution in [0.2, 0.25) is 0 Å². The summed E-state index contributed by atoms with van der Waals surface area (Å²) in [5.41, 5.74) is 1.18. The van der Waals surface area contributed by atoms with Gasteiger partial charge >= 0.3 is 0 Å². The lowest BCUT2D eigenvalue weighted by atomic mass is 10.0. The second-order valence-electron chi connectivity index (χ2n) is 8.92. The standard InChI is InChI=1S/C26H42N2O2/c1-2-3-4-5-6-7-8-9-10-11-12-13-14-15-19-28-25-17-16-18-26(24(25)20-27-28)30-22-23-21-29-23/h16-18,20,23H,2-15,19,21-22H2,1H3. The Balaban J connectivity index is 1.20. The first-order chi connectivity index (χ1) is 14.9. The van der Waals surface area contributed by atoms with Crippen molar-refractivity contribution in [3.8, 4) is 5.75 Å². The Morgan fingerprint density at radius 3 is 2.10 bits per heavy atom. The molecule has 0 radical (unpaired) electrons. The third-order valence-corrected chi connectivity index (χ3v) is 6.20. The minimum atomic E-state index is 0.283. The van der Waals surface area contributed by atoms with Crippen molar-refractivity contribution >= 4 is 10.9 Å². The fourth-order valence-electron chi connectivity index (χ4n) is 4.18. The number of epoxide rings is 1. The second kappa shape index (κ2) is 13.7. The van der Waals surface area contributed by atoms with Gasteiger partial charge in [-0.15, -0.1) is 0 Å². The Morgan fingerprint density at radius 2 is 1.50 bits per heavy atom. The van der Waals surface area contributed by atoms with E-state index < -0.39 is 0 Å². The molecule has 1 aliphatic rings. The summed E-state index contributed by atoms with van der Waals surface area (Å²) >= 11 is 0. The van der Waals surface area contributed by atoms with Crippen molar-refractivity contribution in [1.82, 2.24) is 9.78 Å². The van der Waals surface area contributed by atoms with Gasteiger partial charge in [0.15, 0.2) is 0 Å². The van der Waals surface area contributed by atoms with Crippen LogP contribution in [0.5, 0.6) is 5.75 Å². The number of aromatic nitrogens is 2. The Bertz CT molecular complexity index is 708. The number of aryl methyl sites for hydroxylation is 1. The van der Waals surface area contributed by atoms with Gasteiger partial charge in [0.2, 0.25) is 0 Å². The third kappa shape index (κ3) is 8.29. The smallest absolute Gasteiger partial charge is 0.130 e. The second-order valence-corrected chi connectivity index (χ2v) is 8.92. The van der Waals surface area contributed by atoms with E-state index in [-0.39, 0.29) is 6.10 Å². The first kappa shape index (κ1) is 23.1. The van der Waals surface area contributed by atoms with Gasteiger partial charge in [-0.1, -0.05) is 96.5 Å². The number of nitrogens with zero attached hydrogens (tertiary/aromatic N) is 2.